The summed E-state index contributed by atoms with van der Waals surface area (Å²) in [5.74, 6) is 1.32. The maximum Gasteiger partial charge on any atom is 0.181 e. The summed E-state index contributed by atoms with van der Waals surface area (Å²) < 4.78 is 0. The number of nitrogens with one attached hydrogen (secondary N) is 3. The number of fused-ring (bicyclic) bond motifs is 1. The van der Waals surface area contributed by atoms with Crippen molar-refractivity contribution >= 4 is 27.9 Å². The minimum absolute atomic E-state index is 0.542. The molecule has 1 saturated heterocycles. The fourth-order valence-electron chi connectivity index (χ4n) is 4.14. The van der Waals surface area contributed by atoms with Gasteiger partial charge in [-0.25, -0.2) is 9.97 Å². The lowest BCUT2D eigenvalue weighted by Crippen LogP contribution is -2.26. The number of imidazole rings is 1. The number of aromatic amines is 2. The minimum Gasteiger partial charge on any atom is -0.340 e. The van der Waals surface area contributed by atoms with E-state index in [9.17, 15) is 0 Å². The highest BCUT2D eigenvalue weighted by Crippen LogP contribution is 2.33. The number of nitrogens with zero attached hydrogens (tertiary/aromatic N) is 3. The standard InChI is InChI=1S/C23H24N6S/c1-3-5-17(19-6-4-11-30-19)20-14(2)26-23(27-20)21-18-12-16(13-25-22(18)29-28-21)15-7-9-24-10-8-15/h3-6,11-13,15,24H,1,7-10H2,2H3,(H,26,27)(H,25,28,29)/b17-5-. The van der Waals surface area contributed by atoms with Crippen molar-refractivity contribution in [3.8, 4) is 11.5 Å². The molecule has 0 atom stereocenters. The van der Waals surface area contributed by atoms with Crippen molar-refractivity contribution in [2.75, 3.05) is 13.1 Å². The average molecular weight is 417 g/mol. The zero-order chi connectivity index (χ0) is 20.5. The largest absolute Gasteiger partial charge is 0.340 e. The topological polar surface area (TPSA) is 82.3 Å². The number of thiophene rings is 1. The van der Waals surface area contributed by atoms with E-state index in [4.69, 9.17) is 4.98 Å². The van der Waals surface area contributed by atoms with Gasteiger partial charge in [0, 0.05) is 22.3 Å². The molecule has 0 saturated carbocycles. The lowest BCUT2D eigenvalue weighted by molar-refractivity contribution is 0.460. The van der Waals surface area contributed by atoms with Crippen molar-refractivity contribution in [1.82, 2.24) is 30.5 Å². The van der Waals surface area contributed by atoms with E-state index in [0.29, 0.717) is 5.92 Å². The van der Waals surface area contributed by atoms with Crippen LogP contribution in [0.25, 0.3) is 28.1 Å². The van der Waals surface area contributed by atoms with Gasteiger partial charge in [-0.1, -0.05) is 24.8 Å². The summed E-state index contributed by atoms with van der Waals surface area (Å²) in [6.45, 7) is 8.04. The lowest BCUT2D eigenvalue weighted by atomic mass is 9.91. The summed E-state index contributed by atoms with van der Waals surface area (Å²) in [6, 6.07) is 6.39. The van der Waals surface area contributed by atoms with Gasteiger partial charge < -0.3 is 10.3 Å². The monoisotopic (exact) mass is 416 g/mol. The number of pyridine rings is 1. The maximum atomic E-state index is 4.95. The number of allylic oxidation sites excluding steroid dienone is 2. The Morgan fingerprint density at radius 1 is 1.30 bits per heavy atom. The van der Waals surface area contributed by atoms with Gasteiger partial charge in [-0.3, -0.25) is 5.10 Å². The van der Waals surface area contributed by atoms with Crippen LogP contribution in [-0.4, -0.2) is 38.2 Å². The van der Waals surface area contributed by atoms with E-state index in [0.717, 1.165) is 65.4 Å². The van der Waals surface area contributed by atoms with Gasteiger partial charge in [0.05, 0.1) is 11.1 Å². The highest BCUT2D eigenvalue weighted by atomic mass is 32.1. The second-order valence-corrected chi connectivity index (χ2v) is 8.56. The molecule has 0 aliphatic carbocycles. The molecule has 1 aliphatic rings. The molecule has 0 radical (unpaired) electrons. The average Bonchev–Trinajstić information content (AvgIpc) is 3.52. The van der Waals surface area contributed by atoms with E-state index in [2.05, 4.69) is 55.6 Å². The molecule has 1 aliphatic heterocycles. The number of piperidine rings is 1. The minimum atomic E-state index is 0.542. The van der Waals surface area contributed by atoms with Crippen LogP contribution in [0.1, 0.15) is 40.6 Å². The first-order valence-electron chi connectivity index (χ1n) is 10.2. The summed E-state index contributed by atoms with van der Waals surface area (Å²) in [7, 11) is 0. The molecule has 4 aromatic rings. The fraction of sp³-hybridized carbons (Fsp3) is 0.261. The first-order valence-corrected chi connectivity index (χ1v) is 11.1. The summed E-state index contributed by atoms with van der Waals surface area (Å²) in [6.07, 6.45) is 8.08. The Labute approximate surface area is 179 Å². The van der Waals surface area contributed by atoms with Gasteiger partial charge in [-0.2, -0.15) is 5.10 Å². The Balaban J connectivity index is 1.57. The van der Waals surface area contributed by atoms with Crippen LogP contribution >= 0.6 is 11.3 Å². The quantitative estimate of drug-likeness (QED) is 0.408. The third-order valence-corrected chi connectivity index (χ3v) is 6.59. The zero-order valence-corrected chi connectivity index (χ0v) is 17.7. The van der Waals surface area contributed by atoms with Gasteiger partial charge >= 0.3 is 0 Å². The molecule has 152 valence electrons. The lowest BCUT2D eigenvalue weighted by Gasteiger charge is -2.22. The second-order valence-electron chi connectivity index (χ2n) is 7.62. The van der Waals surface area contributed by atoms with Crippen molar-refractivity contribution < 1.29 is 0 Å². The predicted molar refractivity (Wildman–Crippen MR) is 123 cm³/mol. The summed E-state index contributed by atoms with van der Waals surface area (Å²) in [4.78, 5) is 14.2. The highest BCUT2D eigenvalue weighted by molar-refractivity contribution is 7.11. The Morgan fingerprint density at radius 2 is 2.17 bits per heavy atom. The number of aromatic nitrogens is 5. The van der Waals surface area contributed by atoms with Gasteiger partial charge in [0.1, 0.15) is 5.69 Å². The van der Waals surface area contributed by atoms with Crippen LogP contribution in [0.5, 0.6) is 0 Å². The predicted octanol–water partition coefficient (Wildman–Crippen LogP) is 4.80. The first-order chi connectivity index (χ1) is 14.7. The van der Waals surface area contributed by atoms with Gasteiger partial charge in [-0.05, 0) is 61.8 Å². The molecule has 6 nitrogen and oxygen atoms in total. The van der Waals surface area contributed by atoms with E-state index in [1.54, 1.807) is 11.3 Å². The second kappa shape index (κ2) is 8.01. The SMILES string of the molecule is C=C/C=C(/c1cccs1)c1nc(-c2[nH]nc3ncc(C4CCNCC4)cc23)[nH]c1C. The summed E-state index contributed by atoms with van der Waals surface area (Å²) >= 11 is 1.70. The van der Waals surface area contributed by atoms with Crippen LogP contribution < -0.4 is 5.32 Å². The van der Waals surface area contributed by atoms with Crippen LogP contribution in [-0.2, 0) is 0 Å². The maximum absolute atomic E-state index is 4.95. The van der Waals surface area contributed by atoms with Gasteiger partial charge in [-0.15, -0.1) is 11.3 Å². The molecular formula is C23H24N6S. The van der Waals surface area contributed by atoms with E-state index < -0.39 is 0 Å². The Kier molecular flexibility index (Phi) is 5.06. The van der Waals surface area contributed by atoms with Crippen molar-refractivity contribution in [3.05, 3.63) is 70.3 Å². The third-order valence-electron chi connectivity index (χ3n) is 5.69. The number of rotatable bonds is 5. The van der Waals surface area contributed by atoms with E-state index in [1.165, 1.54) is 10.4 Å². The molecule has 7 heteroatoms. The van der Waals surface area contributed by atoms with Gasteiger partial charge in [0.15, 0.2) is 11.5 Å². The Bertz CT molecular complexity index is 1210. The molecule has 0 amide bonds. The van der Waals surface area contributed by atoms with Crippen LogP contribution in [0.4, 0.5) is 0 Å². The van der Waals surface area contributed by atoms with Crippen LogP contribution in [0, 0.1) is 6.92 Å². The van der Waals surface area contributed by atoms with E-state index in [-0.39, 0.29) is 0 Å². The number of aryl methyl sites for hydroxylation is 1. The van der Waals surface area contributed by atoms with Crippen molar-refractivity contribution in [1.29, 1.82) is 0 Å². The van der Waals surface area contributed by atoms with Crippen LogP contribution in [0.2, 0.25) is 0 Å². The molecule has 3 N–H and O–H groups in total. The van der Waals surface area contributed by atoms with E-state index in [1.807, 2.05) is 25.3 Å². The van der Waals surface area contributed by atoms with Crippen LogP contribution in [0.15, 0.2) is 48.5 Å². The Morgan fingerprint density at radius 3 is 2.93 bits per heavy atom. The fourth-order valence-corrected chi connectivity index (χ4v) is 4.90. The zero-order valence-electron chi connectivity index (χ0n) is 16.9. The molecular weight excluding hydrogens is 392 g/mol. The molecule has 0 bridgehead atoms. The molecule has 0 spiro atoms. The van der Waals surface area contributed by atoms with Crippen molar-refractivity contribution in [2.24, 2.45) is 0 Å². The van der Waals surface area contributed by atoms with Crippen molar-refractivity contribution in [3.63, 3.8) is 0 Å². The molecule has 5 rings (SSSR count). The Hall–Kier alpha value is -3.03. The normalized spacial score (nSPS) is 15.7. The molecule has 5 heterocycles. The van der Waals surface area contributed by atoms with Crippen LogP contribution in [0.3, 0.4) is 0 Å². The van der Waals surface area contributed by atoms with Gasteiger partial charge in [0.2, 0.25) is 0 Å². The third kappa shape index (κ3) is 3.40. The molecule has 1 fully saturated rings. The number of hydrogen-bond donors (Lipinski definition) is 3. The number of hydrogen-bond acceptors (Lipinski definition) is 5. The molecule has 30 heavy (non-hydrogen) atoms. The molecule has 0 aromatic carbocycles. The molecule has 4 aromatic heterocycles. The molecule has 0 unspecified atom stereocenters. The summed E-state index contributed by atoms with van der Waals surface area (Å²) in [5, 5.41) is 14.1. The smallest absolute Gasteiger partial charge is 0.181 e. The first kappa shape index (κ1) is 19.0. The van der Waals surface area contributed by atoms with Gasteiger partial charge in [0.25, 0.3) is 0 Å². The van der Waals surface area contributed by atoms with E-state index >= 15 is 0 Å². The number of H-pyrrole nitrogens is 2. The highest BCUT2D eigenvalue weighted by Gasteiger charge is 2.20. The summed E-state index contributed by atoms with van der Waals surface area (Å²) in [5.41, 5.74) is 5.89. The van der Waals surface area contributed by atoms with Crippen molar-refractivity contribution in [2.45, 2.75) is 25.7 Å².